The lowest BCUT2D eigenvalue weighted by molar-refractivity contribution is -0.142. The normalized spacial score (nSPS) is 14.5. The van der Waals surface area contributed by atoms with Crippen molar-refractivity contribution in [2.75, 3.05) is 11.9 Å². The second-order valence-electron chi connectivity index (χ2n) is 11.1. The van der Waals surface area contributed by atoms with Gasteiger partial charge in [-0.1, -0.05) is 35.9 Å². The number of amides is 4. The first-order valence-electron chi connectivity index (χ1n) is 15.0. The molecule has 0 spiro atoms. The summed E-state index contributed by atoms with van der Waals surface area (Å²) in [4.78, 5) is 65.9. The van der Waals surface area contributed by atoms with Gasteiger partial charge in [0.2, 0.25) is 17.7 Å². The Labute approximate surface area is 271 Å². The molecule has 0 fully saturated rings. The highest BCUT2D eigenvalue weighted by atomic mass is 35.5. The third kappa shape index (κ3) is 9.37. The average molecular weight is 651 g/mol. The molecule has 0 radical (unpaired) electrons. The fraction of sp³-hybridized carbons (Fsp3) is 0.324. The fourth-order valence-corrected chi connectivity index (χ4v) is 5.39. The topological polar surface area (TPSA) is 148 Å². The molecule has 10 nitrogen and oxygen atoms in total. The number of hydrogen-bond acceptors (Lipinski definition) is 6. The number of ketones is 1. The third-order valence-corrected chi connectivity index (χ3v) is 8.22. The molecule has 3 aromatic carbocycles. The molecule has 1 aliphatic heterocycles. The van der Waals surface area contributed by atoms with Crippen LogP contribution in [-0.2, 0) is 32.1 Å². The Kier molecular flexibility index (Phi) is 11.9. The van der Waals surface area contributed by atoms with Crippen molar-refractivity contribution in [2.45, 2.75) is 64.1 Å². The molecule has 46 heavy (non-hydrogen) atoms. The summed E-state index contributed by atoms with van der Waals surface area (Å²) in [6.07, 6.45) is 0.103. The molecule has 0 saturated heterocycles. The Bertz CT molecular complexity index is 1600. The number of ether oxygens (including phenoxy) is 1. The van der Waals surface area contributed by atoms with Crippen LogP contribution in [0.2, 0.25) is 5.02 Å². The van der Waals surface area contributed by atoms with Gasteiger partial charge in [-0.25, -0.2) is 9.18 Å². The SMILES string of the molecule is Cc1cc(NC(=O)[C@H](CCCCOC(N)=O)NC(=O)C2Cc3ccccc3CN2C(=O)CCC(=O)c2ccc(F)cc2)ccc1Cl. The maximum Gasteiger partial charge on any atom is 0.404 e. The summed E-state index contributed by atoms with van der Waals surface area (Å²) in [6.45, 7) is 2.02. The highest BCUT2D eigenvalue weighted by Gasteiger charge is 2.36. The third-order valence-electron chi connectivity index (χ3n) is 7.79. The number of nitrogens with zero attached hydrogens (tertiary/aromatic N) is 1. The van der Waals surface area contributed by atoms with Crippen molar-refractivity contribution in [3.63, 3.8) is 0 Å². The Balaban J connectivity index is 1.50. The number of Topliss-reactive ketones (excluding diaryl/α,β-unsaturated/α-hetero) is 1. The van der Waals surface area contributed by atoms with Crippen LogP contribution in [0.3, 0.4) is 0 Å². The lowest BCUT2D eigenvalue weighted by atomic mass is 9.92. The fourth-order valence-electron chi connectivity index (χ4n) is 5.28. The van der Waals surface area contributed by atoms with E-state index in [9.17, 15) is 28.4 Å². The van der Waals surface area contributed by atoms with Crippen LogP contribution in [0.15, 0.2) is 66.7 Å². The van der Waals surface area contributed by atoms with Crippen LogP contribution in [0.4, 0.5) is 14.9 Å². The number of carbonyl (C=O) groups excluding carboxylic acids is 5. The highest BCUT2D eigenvalue weighted by Crippen LogP contribution is 2.25. The first kappa shape index (κ1) is 34.1. The number of primary amides is 1. The molecule has 4 N–H and O–H groups in total. The summed E-state index contributed by atoms with van der Waals surface area (Å²) in [7, 11) is 0. The van der Waals surface area contributed by atoms with E-state index in [-0.39, 0.29) is 44.6 Å². The molecule has 3 aromatic rings. The van der Waals surface area contributed by atoms with Gasteiger partial charge in [0.15, 0.2) is 5.78 Å². The van der Waals surface area contributed by atoms with E-state index in [1.54, 1.807) is 25.1 Å². The minimum absolute atomic E-state index is 0.0618. The summed E-state index contributed by atoms with van der Waals surface area (Å²) >= 11 is 6.13. The van der Waals surface area contributed by atoms with Crippen molar-refractivity contribution in [1.29, 1.82) is 0 Å². The van der Waals surface area contributed by atoms with Crippen molar-refractivity contribution in [2.24, 2.45) is 5.73 Å². The zero-order valence-corrected chi connectivity index (χ0v) is 26.1. The van der Waals surface area contributed by atoms with Crippen LogP contribution in [0.25, 0.3) is 0 Å². The van der Waals surface area contributed by atoms with Crippen molar-refractivity contribution in [3.05, 3.63) is 99.8 Å². The van der Waals surface area contributed by atoms with Gasteiger partial charge in [0.05, 0.1) is 6.61 Å². The van der Waals surface area contributed by atoms with E-state index >= 15 is 0 Å². The van der Waals surface area contributed by atoms with Gasteiger partial charge in [0.1, 0.15) is 17.9 Å². The molecule has 0 saturated carbocycles. The second-order valence-corrected chi connectivity index (χ2v) is 11.5. The van der Waals surface area contributed by atoms with E-state index in [0.29, 0.717) is 29.1 Å². The molecule has 0 bridgehead atoms. The van der Waals surface area contributed by atoms with Crippen LogP contribution in [-0.4, -0.2) is 53.2 Å². The predicted molar refractivity (Wildman–Crippen MR) is 171 cm³/mol. The molecular weight excluding hydrogens is 615 g/mol. The van der Waals surface area contributed by atoms with Gasteiger partial charge in [-0.05, 0) is 85.3 Å². The summed E-state index contributed by atoms with van der Waals surface area (Å²) in [5.74, 6) is -2.17. The quantitative estimate of drug-likeness (QED) is 0.173. The van der Waals surface area contributed by atoms with Gasteiger partial charge in [0.25, 0.3) is 0 Å². The van der Waals surface area contributed by atoms with E-state index < -0.39 is 41.7 Å². The number of anilines is 1. The highest BCUT2D eigenvalue weighted by molar-refractivity contribution is 6.31. The smallest absolute Gasteiger partial charge is 0.404 e. The zero-order chi connectivity index (χ0) is 33.2. The first-order valence-corrected chi connectivity index (χ1v) is 15.3. The van der Waals surface area contributed by atoms with Crippen LogP contribution in [0.1, 0.15) is 59.2 Å². The summed E-state index contributed by atoms with van der Waals surface area (Å²) < 4.78 is 18.1. The zero-order valence-electron chi connectivity index (χ0n) is 25.4. The second kappa shape index (κ2) is 16.0. The number of fused-ring (bicyclic) bond motifs is 1. The Morgan fingerprint density at radius 1 is 1.00 bits per heavy atom. The van der Waals surface area contributed by atoms with Crippen molar-refractivity contribution in [3.8, 4) is 0 Å². The van der Waals surface area contributed by atoms with Gasteiger partial charge in [0, 0.05) is 42.1 Å². The standard InChI is InChI=1S/C34H36ClFN4O6/c1-21-18-26(13-14-27(21)35)38-32(43)28(8-4-5-17-46-34(37)45)39-33(44)29-19-23-6-2-3-7-24(23)20-40(29)31(42)16-15-30(41)22-9-11-25(36)12-10-22/h2-3,6-7,9-14,18,28-29H,4-5,8,15-17,19-20H2,1H3,(H2,37,45)(H,38,43)(H,39,44)/t28-,29?/m0/s1. The van der Waals surface area contributed by atoms with E-state index in [2.05, 4.69) is 10.6 Å². The number of hydrogen-bond donors (Lipinski definition) is 3. The number of carbonyl (C=O) groups is 5. The molecule has 1 aliphatic rings. The number of aryl methyl sites for hydroxylation is 1. The number of halogens is 2. The van der Waals surface area contributed by atoms with E-state index in [1.165, 1.54) is 29.2 Å². The predicted octanol–water partition coefficient (Wildman–Crippen LogP) is 5.09. The van der Waals surface area contributed by atoms with Crippen molar-refractivity contribution < 1.29 is 33.1 Å². The lowest BCUT2D eigenvalue weighted by Crippen LogP contribution is -2.56. The summed E-state index contributed by atoms with van der Waals surface area (Å²) in [5, 5.41) is 6.20. The number of unbranched alkanes of at least 4 members (excludes halogenated alkanes) is 1. The molecule has 4 rings (SSSR count). The number of nitrogens with two attached hydrogens (primary N) is 1. The average Bonchev–Trinajstić information content (AvgIpc) is 3.03. The van der Waals surface area contributed by atoms with Crippen LogP contribution >= 0.6 is 11.6 Å². The van der Waals surface area contributed by atoms with Crippen LogP contribution in [0, 0.1) is 12.7 Å². The number of rotatable bonds is 13. The van der Waals surface area contributed by atoms with Crippen LogP contribution < -0.4 is 16.4 Å². The minimum Gasteiger partial charge on any atom is -0.450 e. The van der Waals surface area contributed by atoms with E-state index in [4.69, 9.17) is 22.1 Å². The molecule has 1 heterocycles. The molecule has 2 atom stereocenters. The molecule has 242 valence electrons. The molecule has 0 aliphatic carbocycles. The first-order chi connectivity index (χ1) is 22.0. The van der Waals surface area contributed by atoms with Gasteiger partial charge in [-0.3, -0.25) is 19.2 Å². The van der Waals surface area contributed by atoms with E-state index in [0.717, 1.165) is 16.7 Å². The number of nitrogens with one attached hydrogen (secondary N) is 2. The molecule has 0 aromatic heterocycles. The Hall–Kier alpha value is -4.77. The monoisotopic (exact) mass is 650 g/mol. The lowest BCUT2D eigenvalue weighted by Gasteiger charge is -2.37. The van der Waals surface area contributed by atoms with Gasteiger partial charge >= 0.3 is 6.09 Å². The minimum atomic E-state index is -0.980. The summed E-state index contributed by atoms with van der Waals surface area (Å²) in [6, 6.07) is 15.7. The number of benzene rings is 3. The summed E-state index contributed by atoms with van der Waals surface area (Å²) in [5.41, 5.74) is 8.36. The molecule has 4 amide bonds. The van der Waals surface area contributed by atoms with Gasteiger partial charge < -0.3 is 26.0 Å². The molecule has 12 heteroatoms. The maximum atomic E-state index is 13.9. The Morgan fingerprint density at radius 2 is 1.72 bits per heavy atom. The van der Waals surface area contributed by atoms with Crippen LogP contribution in [0.5, 0.6) is 0 Å². The van der Waals surface area contributed by atoms with E-state index in [1.807, 2.05) is 24.3 Å². The van der Waals surface area contributed by atoms with Gasteiger partial charge in [-0.2, -0.15) is 0 Å². The van der Waals surface area contributed by atoms with Crippen molar-refractivity contribution in [1.82, 2.24) is 10.2 Å². The van der Waals surface area contributed by atoms with Gasteiger partial charge in [-0.15, -0.1) is 0 Å². The maximum absolute atomic E-state index is 13.9. The van der Waals surface area contributed by atoms with Crippen molar-refractivity contribution >= 4 is 46.9 Å². The molecule has 1 unspecified atom stereocenters. The Morgan fingerprint density at radius 3 is 2.41 bits per heavy atom. The molecular formula is C34H36ClFN4O6. The largest absolute Gasteiger partial charge is 0.450 e.